The molecule has 3 aromatic heterocycles. The van der Waals surface area contributed by atoms with Crippen molar-refractivity contribution in [1.29, 1.82) is 0 Å². The van der Waals surface area contributed by atoms with E-state index in [-0.39, 0.29) is 5.82 Å². The number of nitroso groups, excluding NO2 is 1. The molecule has 0 amide bonds. The predicted octanol–water partition coefficient (Wildman–Crippen LogP) is 5.78. The molecule has 0 atom stereocenters. The largest absolute Gasteiger partial charge is 0.253 e. The van der Waals surface area contributed by atoms with Gasteiger partial charge in [0.05, 0.1) is 5.52 Å². The Kier molecular flexibility index (Phi) is 3.99. The third-order valence-corrected chi connectivity index (χ3v) is 5.24. The third kappa shape index (κ3) is 2.79. The van der Waals surface area contributed by atoms with Crippen LogP contribution in [0.3, 0.4) is 0 Å². The highest BCUT2D eigenvalue weighted by Crippen LogP contribution is 2.38. The summed E-state index contributed by atoms with van der Waals surface area (Å²) in [6.07, 6.45) is 1.66. The Balaban J connectivity index is 1.98. The molecule has 4 rings (SSSR count). The van der Waals surface area contributed by atoms with Gasteiger partial charge in [-0.15, -0.1) is 16.2 Å². The molecule has 0 aliphatic heterocycles. The van der Waals surface area contributed by atoms with Crippen molar-refractivity contribution in [3.63, 3.8) is 0 Å². The van der Waals surface area contributed by atoms with E-state index in [1.54, 1.807) is 12.3 Å². The zero-order chi connectivity index (χ0) is 17.4. The monoisotopic (exact) mass is 366 g/mol. The van der Waals surface area contributed by atoms with E-state index >= 15 is 0 Å². The van der Waals surface area contributed by atoms with Crippen LogP contribution in [0.2, 0.25) is 5.02 Å². The maximum absolute atomic E-state index is 11.3. The summed E-state index contributed by atoms with van der Waals surface area (Å²) in [5.74, 6) is 0.514. The molecule has 0 bridgehead atoms. The van der Waals surface area contributed by atoms with Gasteiger partial charge in [0.1, 0.15) is 10.4 Å². The molecule has 5 nitrogen and oxygen atoms in total. The summed E-state index contributed by atoms with van der Waals surface area (Å²) in [6, 6.07) is 11.3. The first kappa shape index (κ1) is 15.8. The maximum Gasteiger partial charge on any atom is 0.218 e. The van der Waals surface area contributed by atoms with E-state index in [1.165, 1.54) is 11.3 Å². The fraction of sp³-hybridized carbons (Fsp3) is 0.0556. The Morgan fingerprint density at radius 3 is 2.76 bits per heavy atom. The fourth-order valence-electron chi connectivity index (χ4n) is 2.59. The number of fused-ring (bicyclic) bond motifs is 1. The maximum atomic E-state index is 11.3. The Labute approximate surface area is 152 Å². The van der Waals surface area contributed by atoms with Crippen molar-refractivity contribution in [2.45, 2.75) is 6.92 Å². The second-order valence-electron chi connectivity index (χ2n) is 5.47. The zero-order valence-electron chi connectivity index (χ0n) is 13.1. The molecule has 0 N–H and O–H groups in total. The molecule has 0 saturated carbocycles. The number of aromatic nitrogens is 3. The standard InChI is InChI=1S/C18H11ClN4OS/c1-10-8-11(5-6-13(10)19)12-9-25-16-15(12)21-17(22-18(16)23-24)14-4-2-3-7-20-14/h2-9H,1H3. The number of benzene rings is 1. The Bertz CT molecular complexity index is 1100. The predicted molar refractivity (Wildman–Crippen MR) is 101 cm³/mol. The molecule has 7 heteroatoms. The van der Waals surface area contributed by atoms with Crippen molar-refractivity contribution in [3.05, 3.63) is 63.5 Å². The molecular formula is C18H11ClN4OS. The van der Waals surface area contributed by atoms with Crippen LogP contribution in [-0.4, -0.2) is 15.0 Å². The van der Waals surface area contributed by atoms with Crippen LogP contribution in [0, 0.1) is 11.8 Å². The summed E-state index contributed by atoms with van der Waals surface area (Å²) in [5, 5.41) is 5.75. The number of nitrogens with zero attached hydrogens (tertiary/aromatic N) is 4. The molecular weight excluding hydrogens is 356 g/mol. The lowest BCUT2D eigenvalue weighted by molar-refractivity contribution is 1.17. The van der Waals surface area contributed by atoms with Crippen molar-refractivity contribution in [2.24, 2.45) is 5.18 Å². The van der Waals surface area contributed by atoms with Crippen LogP contribution in [0.25, 0.3) is 32.9 Å². The highest BCUT2D eigenvalue weighted by molar-refractivity contribution is 7.18. The average molecular weight is 367 g/mol. The van der Waals surface area contributed by atoms with Crippen molar-refractivity contribution in [2.75, 3.05) is 0 Å². The van der Waals surface area contributed by atoms with Crippen LogP contribution in [0.5, 0.6) is 0 Å². The number of pyridine rings is 1. The lowest BCUT2D eigenvalue weighted by Crippen LogP contribution is -1.92. The Hall–Kier alpha value is -2.70. The van der Waals surface area contributed by atoms with Gasteiger partial charge in [-0.25, -0.2) is 9.97 Å². The van der Waals surface area contributed by atoms with Crippen molar-refractivity contribution in [3.8, 4) is 22.6 Å². The van der Waals surface area contributed by atoms with Gasteiger partial charge in [0.2, 0.25) is 5.82 Å². The van der Waals surface area contributed by atoms with Gasteiger partial charge in [0.15, 0.2) is 5.82 Å². The lowest BCUT2D eigenvalue weighted by atomic mass is 10.1. The van der Waals surface area contributed by atoms with E-state index in [2.05, 4.69) is 20.1 Å². The molecule has 0 unspecified atom stereocenters. The second kappa shape index (κ2) is 6.31. The van der Waals surface area contributed by atoms with Gasteiger partial charge in [0, 0.05) is 22.2 Å². The van der Waals surface area contributed by atoms with Gasteiger partial charge < -0.3 is 0 Å². The topological polar surface area (TPSA) is 68.1 Å². The van der Waals surface area contributed by atoms with E-state index in [4.69, 9.17) is 11.6 Å². The van der Waals surface area contributed by atoms with Gasteiger partial charge in [0.25, 0.3) is 0 Å². The first-order valence-electron chi connectivity index (χ1n) is 7.48. The van der Waals surface area contributed by atoms with Crippen LogP contribution < -0.4 is 0 Å². The van der Waals surface area contributed by atoms with Crippen LogP contribution in [0.4, 0.5) is 5.82 Å². The highest BCUT2D eigenvalue weighted by Gasteiger charge is 2.17. The fourth-order valence-corrected chi connectivity index (χ4v) is 3.65. The summed E-state index contributed by atoms with van der Waals surface area (Å²) < 4.78 is 0.664. The molecule has 0 aliphatic rings. The summed E-state index contributed by atoms with van der Waals surface area (Å²) in [6.45, 7) is 1.95. The van der Waals surface area contributed by atoms with E-state index in [0.29, 0.717) is 26.8 Å². The number of thiophene rings is 1. The number of aryl methyl sites for hydroxylation is 1. The molecule has 3 heterocycles. The summed E-state index contributed by atoms with van der Waals surface area (Å²) in [4.78, 5) is 24.5. The van der Waals surface area contributed by atoms with Gasteiger partial charge in [-0.1, -0.05) is 23.7 Å². The molecule has 0 spiro atoms. The Morgan fingerprint density at radius 2 is 2.04 bits per heavy atom. The van der Waals surface area contributed by atoms with Crippen molar-refractivity contribution in [1.82, 2.24) is 15.0 Å². The summed E-state index contributed by atoms with van der Waals surface area (Å²) in [5.41, 5.74) is 4.17. The SMILES string of the molecule is Cc1cc(-c2csc3c(N=O)nc(-c4ccccn4)nc23)ccc1Cl. The van der Waals surface area contributed by atoms with Crippen molar-refractivity contribution >= 4 is 39.0 Å². The summed E-state index contributed by atoms with van der Waals surface area (Å²) in [7, 11) is 0. The van der Waals surface area contributed by atoms with Gasteiger partial charge in [-0.2, -0.15) is 0 Å². The molecule has 0 saturated heterocycles. The Morgan fingerprint density at radius 1 is 1.16 bits per heavy atom. The molecule has 1 aromatic carbocycles. The van der Waals surface area contributed by atoms with E-state index in [0.717, 1.165) is 16.7 Å². The smallest absolute Gasteiger partial charge is 0.218 e. The normalized spacial score (nSPS) is 11.0. The number of rotatable bonds is 3. The van der Waals surface area contributed by atoms with Crippen molar-refractivity contribution < 1.29 is 0 Å². The quantitative estimate of drug-likeness (QED) is 0.431. The third-order valence-electron chi connectivity index (χ3n) is 3.85. The minimum Gasteiger partial charge on any atom is -0.253 e. The number of hydrogen-bond acceptors (Lipinski definition) is 6. The molecule has 25 heavy (non-hydrogen) atoms. The minimum absolute atomic E-state index is 0.132. The number of halogens is 1. The van der Waals surface area contributed by atoms with Crippen LogP contribution in [0.15, 0.2) is 53.2 Å². The first-order chi connectivity index (χ1) is 12.2. The van der Waals surface area contributed by atoms with Crippen LogP contribution in [-0.2, 0) is 0 Å². The van der Waals surface area contributed by atoms with Gasteiger partial charge >= 0.3 is 0 Å². The van der Waals surface area contributed by atoms with Crippen LogP contribution in [0.1, 0.15) is 5.56 Å². The van der Waals surface area contributed by atoms with Gasteiger partial charge in [-0.3, -0.25) is 4.98 Å². The van der Waals surface area contributed by atoms with Crippen LogP contribution >= 0.6 is 22.9 Å². The first-order valence-corrected chi connectivity index (χ1v) is 8.73. The summed E-state index contributed by atoms with van der Waals surface area (Å²) >= 11 is 7.53. The molecule has 0 radical (unpaired) electrons. The van der Waals surface area contributed by atoms with E-state index in [1.807, 2.05) is 42.6 Å². The molecule has 0 aliphatic carbocycles. The number of hydrogen-bond donors (Lipinski definition) is 0. The highest BCUT2D eigenvalue weighted by atomic mass is 35.5. The van der Waals surface area contributed by atoms with E-state index in [9.17, 15) is 4.91 Å². The zero-order valence-corrected chi connectivity index (χ0v) is 14.7. The average Bonchev–Trinajstić information content (AvgIpc) is 3.08. The molecule has 0 fully saturated rings. The second-order valence-corrected chi connectivity index (χ2v) is 6.76. The van der Waals surface area contributed by atoms with E-state index < -0.39 is 0 Å². The van der Waals surface area contributed by atoms with Gasteiger partial charge in [-0.05, 0) is 47.5 Å². The lowest BCUT2D eigenvalue weighted by Gasteiger charge is -2.05. The molecule has 122 valence electrons. The molecule has 4 aromatic rings. The minimum atomic E-state index is 0.132.